The molecule has 0 spiro atoms. The number of hydrogen-bond donors (Lipinski definition) is 1. The van der Waals surface area contributed by atoms with Crippen molar-refractivity contribution < 1.29 is 14.3 Å². The Morgan fingerprint density at radius 1 is 0.973 bits per heavy atom. The quantitative estimate of drug-likeness (QED) is 0.267. The molecule has 6 nitrogen and oxygen atoms in total. The van der Waals surface area contributed by atoms with Gasteiger partial charge in [0.15, 0.2) is 0 Å². The Bertz CT molecular complexity index is 1430. The van der Waals surface area contributed by atoms with E-state index in [1.807, 2.05) is 53.4 Å². The third-order valence-electron chi connectivity index (χ3n) is 6.42. The standard InChI is InChI=1S/C30H28BrN3O3/c1-2-17-37-24-12-7-20(8-13-24)28-19-26(25-18-22(31)9-14-27(25)33-28)29(35)32-23-10-5-21(6-11-23)30(36)34-15-3-4-16-34/h5-14,18-19H,2-4,15-17H2,1H3,(H,32,35). The molecule has 2 amide bonds. The largest absolute Gasteiger partial charge is 0.494 e. The number of amides is 2. The SMILES string of the molecule is CCCOc1ccc(-c2cc(C(=O)Nc3ccc(C(=O)N4CCCC4)cc3)c3cc(Br)ccc3n2)cc1. The third-order valence-corrected chi connectivity index (χ3v) is 6.91. The molecule has 2 heterocycles. The van der Waals surface area contributed by atoms with Gasteiger partial charge in [-0.3, -0.25) is 9.59 Å². The minimum atomic E-state index is -0.242. The summed E-state index contributed by atoms with van der Waals surface area (Å²) >= 11 is 3.51. The molecule has 7 heteroatoms. The number of fused-ring (bicyclic) bond motifs is 1. The maximum atomic E-state index is 13.5. The number of anilines is 1. The Balaban J connectivity index is 1.42. The number of halogens is 1. The molecular formula is C30H28BrN3O3. The Kier molecular flexibility index (Phi) is 7.51. The van der Waals surface area contributed by atoms with Gasteiger partial charge in [-0.25, -0.2) is 4.98 Å². The van der Waals surface area contributed by atoms with Gasteiger partial charge in [-0.2, -0.15) is 0 Å². The second-order valence-corrected chi connectivity index (χ2v) is 10.0. The second-order valence-electron chi connectivity index (χ2n) is 9.12. The van der Waals surface area contributed by atoms with Crippen molar-refractivity contribution >= 4 is 44.3 Å². The van der Waals surface area contributed by atoms with Crippen LogP contribution in [0.4, 0.5) is 5.69 Å². The van der Waals surface area contributed by atoms with E-state index < -0.39 is 0 Å². The van der Waals surface area contributed by atoms with Crippen molar-refractivity contribution in [3.8, 4) is 17.0 Å². The maximum absolute atomic E-state index is 13.5. The molecule has 1 fully saturated rings. The lowest BCUT2D eigenvalue weighted by Crippen LogP contribution is -2.27. The number of ether oxygens (including phenoxy) is 1. The highest BCUT2D eigenvalue weighted by Crippen LogP contribution is 2.29. The fourth-order valence-corrected chi connectivity index (χ4v) is 4.83. The molecule has 4 aromatic rings. The van der Waals surface area contributed by atoms with Crippen molar-refractivity contribution in [2.45, 2.75) is 26.2 Å². The summed E-state index contributed by atoms with van der Waals surface area (Å²) in [6.07, 6.45) is 3.04. The summed E-state index contributed by atoms with van der Waals surface area (Å²) in [6, 6.07) is 22.4. The van der Waals surface area contributed by atoms with Crippen molar-refractivity contribution in [2.24, 2.45) is 0 Å². The zero-order valence-electron chi connectivity index (χ0n) is 20.7. The minimum absolute atomic E-state index is 0.0381. The summed E-state index contributed by atoms with van der Waals surface area (Å²) < 4.78 is 6.56. The number of carbonyl (C=O) groups excluding carboxylic acids is 2. The van der Waals surface area contributed by atoms with E-state index in [-0.39, 0.29) is 11.8 Å². The smallest absolute Gasteiger partial charge is 0.256 e. The lowest BCUT2D eigenvalue weighted by atomic mass is 10.0. The first-order valence-corrected chi connectivity index (χ1v) is 13.4. The van der Waals surface area contributed by atoms with Gasteiger partial charge in [-0.05, 0) is 92.1 Å². The van der Waals surface area contributed by atoms with Crippen molar-refractivity contribution in [1.29, 1.82) is 0 Å². The van der Waals surface area contributed by atoms with Crippen molar-refractivity contribution in [2.75, 3.05) is 25.0 Å². The van der Waals surface area contributed by atoms with Gasteiger partial charge >= 0.3 is 0 Å². The molecule has 1 aliphatic heterocycles. The monoisotopic (exact) mass is 557 g/mol. The number of nitrogens with one attached hydrogen (secondary N) is 1. The number of nitrogens with zero attached hydrogens (tertiary/aromatic N) is 2. The summed E-state index contributed by atoms with van der Waals surface area (Å²) in [4.78, 5) is 32.8. The topological polar surface area (TPSA) is 71.5 Å². The van der Waals surface area contributed by atoms with E-state index in [0.29, 0.717) is 29.1 Å². The van der Waals surface area contributed by atoms with E-state index in [2.05, 4.69) is 28.2 Å². The van der Waals surface area contributed by atoms with Crippen LogP contribution in [0.15, 0.2) is 77.3 Å². The lowest BCUT2D eigenvalue weighted by molar-refractivity contribution is 0.0792. The van der Waals surface area contributed by atoms with Gasteiger partial charge in [0.2, 0.25) is 0 Å². The molecule has 1 aromatic heterocycles. The Labute approximate surface area is 224 Å². The van der Waals surface area contributed by atoms with Crippen LogP contribution in [0.2, 0.25) is 0 Å². The Morgan fingerprint density at radius 3 is 2.41 bits per heavy atom. The average Bonchev–Trinajstić information content (AvgIpc) is 3.47. The van der Waals surface area contributed by atoms with Crippen LogP contribution in [0.5, 0.6) is 5.75 Å². The van der Waals surface area contributed by atoms with Crippen LogP contribution in [0, 0.1) is 0 Å². The van der Waals surface area contributed by atoms with Crippen molar-refractivity contribution in [3.63, 3.8) is 0 Å². The van der Waals surface area contributed by atoms with E-state index >= 15 is 0 Å². The van der Waals surface area contributed by atoms with E-state index in [1.54, 1.807) is 24.3 Å². The molecule has 1 saturated heterocycles. The number of aromatic nitrogens is 1. The van der Waals surface area contributed by atoms with Crippen molar-refractivity contribution in [1.82, 2.24) is 9.88 Å². The second kappa shape index (κ2) is 11.1. The number of pyridine rings is 1. The normalized spacial score (nSPS) is 13.1. The predicted molar refractivity (Wildman–Crippen MR) is 150 cm³/mol. The van der Waals surface area contributed by atoms with Gasteiger partial charge in [-0.15, -0.1) is 0 Å². The van der Waals surface area contributed by atoms with Gasteiger partial charge in [0.05, 0.1) is 23.4 Å². The van der Waals surface area contributed by atoms with Crippen LogP contribution in [0.3, 0.4) is 0 Å². The Morgan fingerprint density at radius 2 is 1.70 bits per heavy atom. The summed E-state index contributed by atoms with van der Waals surface area (Å²) in [5, 5.41) is 3.74. The molecule has 188 valence electrons. The molecule has 37 heavy (non-hydrogen) atoms. The number of carbonyl (C=O) groups is 2. The molecule has 0 unspecified atom stereocenters. The first kappa shape index (κ1) is 25.0. The molecule has 5 rings (SSSR count). The fourth-order valence-electron chi connectivity index (χ4n) is 4.47. The van der Waals surface area contributed by atoms with Crippen LogP contribution in [0.25, 0.3) is 22.2 Å². The summed E-state index contributed by atoms with van der Waals surface area (Å²) in [5.41, 5.74) is 4.10. The Hall–Kier alpha value is -3.71. The van der Waals surface area contributed by atoms with E-state index in [0.717, 1.165) is 59.0 Å². The number of rotatable bonds is 7. The van der Waals surface area contributed by atoms with Gasteiger partial charge in [0.1, 0.15) is 5.75 Å². The molecule has 3 aromatic carbocycles. The highest BCUT2D eigenvalue weighted by molar-refractivity contribution is 9.10. The number of benzene rings is 3. The molecule has 1 N–H and O–H groups in total. The molecule has 0 bridgehead atoms. The van der Waals surface area contributed by atoms with Gasteiger partial charge in [-0.1, -0.05) is 22.9 Å². The summed E-state index contributed by atoms with van der Waals surface area (Å²) in [6.45, 7) is 4.35. The van der Waals surface area contributed by atoms with Crippen molar-refractivity contribution in [3.05, 3.63) is 88.4 Å². The molecule has 1 aliphatic rings. The number of likely N-dealkylation sites (tertiary alicyclic amines) is 1. The number of hydrogen-bond acceptors (Lipinski definition) is 4. The minimum Gasteiger partial charge on any atom is -0.494 e. The van der Waals surface area contributed by atoms with Crippen LogP contribution in [-0.4, -0.2) is 41.4 Å². The molecular weight excluding hydrogens is 530 g/mol. The highest BCUT2D eigenvalue weighted by atomic mass is 79.9. The lowest BCUT2D eigenvalue weighted by Gasteiger charge is -2.15. The summed E-state index contributed by atoms with van der Waals surface area (Å²) in [5.74, 6) is 0.601. The molecule has 0 atom stereocenters. The predicted octanol–water partition coefficient (Wildman–Crippen LogP) is 6.94. The van der Waals surface area contributed by atoms with Gasteiger partial charge in [0.25, 0.3) is 11.8 Å². The van der Waals surface area contributed by atoms with Gasteiger partial charge in [0, 0.05) is 39.8 Å². The van der Waals surface area contributed by atoms with Gasteiger partial charge < -0.3 is 15.0 Å². The van der Waals surface area contributed by atoms with Crippen LogP contribution < -0.4 is 10.1 Å². The zero-order valence-corrected chi connectivity index (χ0v) is 22.3. The first-order chi connectivity index (χ1) is 18.0. The fraction of sp³-hybridized carbons (Fsp3) is 0.233. The van der Waals surface area contributed by atoms with E-state index in [9.17, 15) is 9.59 Å². The van der Waals surface area contributed by atoms with Crippen LogP contribution in [-0.2, 0) is 0 Å². The molecule has 0 radical (unpaired) electrons. The maximum Gasteiger partial charge on any atom is 0.256 e. The average molecular weight is 558 g/mol. The van der Waals surface area contributed by atoms with Crippen LogP contribution in [0.1, 0.15) is 46.9 Å². The van der Waals surface area contributed by atoms with E-state index in [1.165, 1.54) is 0 Å². The zero-order chi connectivity index (χ0) is 25.8. The molecule has 0 aliphatic carbocycles. The summed E-state index contributed by atoms with van der Waals surface area (Å²) in [7, 11) is 0. The van der Waals surface area contributed by atoms with E-state index in [4.69, 9.17) is 9.72 Å². The first-order valence-electron chi connectivity index (χ1n) is 12.6. The highest BCUT2D eigenvalue weighted by Gasteiger charge is 2.20. The van der Waals surface area contributed by atoms with Crippen LogP contribution >= 0.6 is 15.9 Å². The molecule has 0 saturated carbocycles. The third kappa shape index (κ3) is 5.67.